The van der Waals surface area contributed by atoms with Gasteiger partial charge in [0, 0.05) is 36.3 Å². The zero-order chi connectivity index (χ0) is 26.9. The van der Waals surface area contributed by atoms with E-state index in [1.54, 1.807) is 0 Å². The molecule has 1 unspecified atom stereocenters. The summed E-state index contributed by atoms with van der Waals surface area (Å²) in [5.74, 6) is 0.520. The molecule has 5 rings (SSSR count). The maximum Gasteiger partial charge on any atom is 0.410 e. The van der Waals surface area contributed by atoms with E-state index in [9.17, 15) is 9.59 Å². The average molecular weight is 516 g/mol. The lowest BCUT2D eigenvalue weighted by atomic mass is 9.97. The van der Waals surface area contributed by atoms with Gasteiger partial charge in [0.05, 0.1) is 11.6 Å². The number of benzene rings is 2. The molecule has 3 aromatic rings. The molecule has 1 saturated heterocycles. The number of likely N-dealkylation sites (tertiary alicyclic amines) is 1. The molecule has 200 valence electrons. The molecule has 2 heterocycles. The largest absolute Gasteiger partial charge is 0.444 e. The van der Waals surface area contributed by atoms with Crippen LogP contribution in [0.15, 0.2) is 42.6 Å². The fourth-order valence-electron chi connectivity index (χ4n) is 4.84. The summed E-state index contributed by atoms with van der Waals surface area (Å²) in [5.41, 5.74) is 4.15. The molecule has 0 radical (unpaired) electrons. The summed E-state index contributed by atoms with van der Waals surface area (Å²) < 4.78 is 5.62. The van der Waals surface area contributed by atoms with E-state index in [-0.39, 0.29) is 18.0 Å². The van der Waals surface area contributed by atoms with Crippen molar-refractivity contribution in [1.82, 2.24) is 20.2 Å². The van der Waals surface area contributed by atoms with Crippen LogP contribution >= 0.6 is 0 Å². The summed E-state index contributed by atoms with van der Waals surface area (Å²) in [7, 11) is 0. The third-order valence-corrected chi connectivity index (χ3v) is 7.05. The number of amides is 2. The van der Waals surface area contributed by atoms with Crippen LogP contribution in [0.25, 0.3) is 22.0 Å². The summed E-state index contributed by atoms with van der Waals surface area (Å²) in [4.78, 5) is 36.4. The maximum atomic E-state index is 12.7. The Balaban J connectivity index is 1.29. The van der Waals surface area contributed by atoms with E-state index in [0.29, 0.717) is 30.6 Å². The first-order valence-electron chi connectivity index (χ1n) is 13.6. The average Bonchev–Trinajstić information content (AvgIpc) is 3.70. The minimum Gasteiger partial charge on any atom is -0.444 e. The van der Waals surface area contributed by atoms with Gasteiger partial charge in [-0.25, -0.2) is 14.8 Å². The highest BCUT2D eigenvalue weighted by Crippen LogP contribution is 2.29. The van der Waals surface area contributed by atoms with Crippen LogP contribution in [0.3, 0.4) is 0 Å². The smallest absolute Gasteiger partial charge is 0.410 e. The Bertz CT molecular complexity index is 1350. The number of fused-ring (bicyclic) bond motifs is 1. The third kappa shape index (κ3) is 6.23. The second-order valence-corrected chi connectivity index (χ2v) is 11.4. The summed E-state index contributed by atoms with van der Waals surface area (Å²) in [6, 6.07) is 12.3. The molecule has 2 aliphatic rings. The van der Waals surface area contributed by atoms with Crippen LogP contribution in [-0.2, 0) is 4.74 Å². The number of carbonyl (C=O) groups is 2. The molecule has 1 saturated carbocycles. The first-order valence-corrected chi connectivity index (χ1v) is 13.6. The number of hydrogen-bond acceptors (Lipinski definition) is 6. The molecule has 2 N–H and O–H groups in total. The van der Waals surface area contributed by atoms with Crippen LogP contribution in [0.1, 0.15) is 68.8 Å². The number of ether oxygens (including phenoxy) is 1. The van der Waals surface area contributed by atoms with Gasteiger partial charge in [0.25, 0.3) is 5.91 Å². The lowest BCUT2D eigenvalue weighted by Crippen LogP contribution is -2.49. The van der Waals surface area contributed by atoms with E-state index in [2.05, 4.69) is 28.6 Å². The molecule has 38 heavy (non-hydrogen) atoms. The molecule has 0 bridgehead atoms. The van der Waals surface area contributed by atoms with Crippen LogP contribution in [0, 0.1) is 6.92 Å². The van der Waals surface area contributed by atoms with Crippen LogP contribution < -0.4 is 10.6 Å². The van der Waals surface area contributed by atoms with Gasteiger partial charge in [0.1, 0.15) is 5.60 Å². The number of aryl methyl sites for hydroxylation is 1. The molecular formula is C30H37N5O3. The monoisotopic (exact) mass is 515 g/mol. The standard InChI is InChI=1S/C30H37N5O3/c1-19-8-9-21(27(36)33-23-11-12-23)16-25(19)20-10-13-26-22(15-20)17-31-28(34-26)32-18-24-7-5-6-14-35(24)29(37)38-30(2,3)4/h8-10,13,15-17,23-24H,5-7,11-12,14,18H2,1-4H3,(H,33,36)(H,31,32,34). The lowest BCUT2D eigenvalue weighted by molar-refractivity contribution is 0.0113. The van der Waals surface area contributed by atoms with E-state index < -0.39 is 5.60 Å². The lowest BCUT2D eigenvalue weighted by Gasteiger charge is -2.36. The molecule has 1 aliphatic carbocycles. The number of nitrogens with zero attached hydrogens (tertiary/aromatic N) is 3. The normalized spacial score (nSPS) is 17.8. The Morgan fingerprint density at radius 1 is 1.08 bits per heavy atom. The van der Waals surface area contributed by atoms with Gasteiger partial charge in [0.2, 0.25) is 5.95 Å². The Hall–Kier alpha value is -3.68. The van der Waals surface area contributed by atoms with Crippen molar-refractivity contribution in [2.24, 2.45) is 0 Å². The van der Waals surface area contributed by atoms with E-state index in [0.717, 1.165) is 59.7 Å². The predicted molar refractivity (Wildman–Crippen MR) is 149 cm³/mol. The molecule has 8 nitrogen and oxygen atoms in total. The quantitative estimate of drug-likeness (QED) is 0.437. The van der Waals surface area contributed by atoms with E-state index in [1.807, 2.05) is 62.2 Å². The molecule has 2 aromatic carbocycles. The Labute approximate surface area is 224 Å². The first-order chi connectivity index (χ1) is 18.2. The Morgan fingerprint density at radius 2 is 1.89 bits per heavy atom. The van der Waals surface area contributed by atoms with Gasteiger partial charge >= 0.3 is 6.09 Å². The molecule has 0 spiro atoms. The number of piperidine rings is 1. The van der Waals surface area contributed by atoms with E-state index in [1.165, 1.54) is 0 Å². The van der Waals surface area contributed by atoms with Gasteiger partial charge in [-0.2, -0.15) is 0 Å². The topological polar surface area (TPSA) is 96.5 Å². The van der Waals surface area contributed by atoms with Gasteiger partial charge in [0.15, 0.2) is 0 Å². The summed E-state index contributed by atoms with van der Waals surface area (Å²) in [6.07, 6.45) is 6.66. The van der Waals surface area contributed by atoms with Crippen molar-refractivity contribution < 1.29 is 14.3 Å². The van der Waals surface area contributed by atoms with Crippen molar-refractivity contribution >= 4 is 28.9 Å². The number of hydrogen-bond donors (Lipinski definition) is 2. The van der Waals surface area contributed by atoms with Gasteiger partial charge in [-0.1, -0.05) is 12.1 Å². The molecule has 1 aliphatic heterocycles. The molecule has 1 atom stereocenters. The SMILES string of the molecule is Cc1ccc(C(=O)NC2CC2)cc1-c1ccc2nc(NCC3CCCCN3C(=O)OC(C)(C)C)ncc2c1. The number of rotatable bonds is 6. The number of aromatic nitrogens is 2. The molecule has 1 aromatic heterocycles. The zero-order valence-electron chi connectivity index (χ0n) is 22.7. The second kappa shape index (κ2) is 10.6. The number of nitrogens with one attached hydrogen (secondary N) is 2. The number of carbonyl (C=O) groups excluding carboxylic acids is 2. The predicted octanol–water partition coefficient (Wildman–Crippen LogP) is 5.70. The van der Waals surface area contributed by atoms with Crippen molar-refractivity contribution in [3.05, 3.63) is 53.7 Å². The zero-order valence-corrected chi connectivity index (χ0v) is 22.7. The van der Waals surface area contributed by atoms with E-state index in [4.69, 9.17) is 9.72 Å². The molecule has 2 fully saturated rings. The van der Waals surface area contributed by atoms with Gasteiger partial charge in [-0.15, -0.1) is 0 Å². The Kier molecular flexibility index (Phi) is 7.23. The summed E-state index contributed by atoms with van der Waals surface area (Å²) in [5, 5.41) is 7.32. The minimum absolute atomic E-state index is 0.0169. The summed E-state index contributed by atoms with van der Waals surface area (Å²) >= 11 is 0. The first kappa shape index (κ1) is 25.9. The van der Waals surface area contributed by atoms with Crippen molar-refractivity contribution in [3.63, 3.8) is 0 Å². The van der Waals surface area contributed by atoms with Gasteiger partial charge in [-0.3, -0.25) is 4.79 Å². The van der Waals surface area contributed by atoms with Crippen molar-refractivity contribution in [2.75, 3.05) is 18.4 Å². The highest BCUT2D eigenvalue weighted by Gasteiger charge is 2.30. The van der Waals surface area contributed by atoms with Crippen molar-refractivity contribution in [2.45, 2.75) is 77.5 Å². The molecule has 8 heteroatoms. The third-order valence-electron chi connectivity index (χ3n) is 7.05. The summed E-state index contributed by atoms with van der Waals surface area (Å²) in [6.45, 7) is 8.99. The molecule has 2 amide bonds. The Morgan fingerprint density at radius 3 is 2.66 bits per heavy atom. The van der Waals surface area contributed by atoms with Crippen molar-refractivity contribution in [1.29, 1.82) is 0 Å². The number of anilines is 1. The van der Waals surface area contributed by atoms with E-state index >= 15 is 0 Å². The minimum atomic E-state index is -0.518. The van der Waals surface area contributed by atoms with Crippen molar-refractivity contribution in [3.8, 4) is 11.1 Å². The van der Waals surface area contributed by atoms with Crippen LogP contribution in [0.2, 0.25) is 0 Å². The van der Waals surface area contributed by atoms with Gasteiger partial charge < -0.3 is 20.3 Å². The highest BCUT2D eigenvalue weighted by atomic mass is 16.6. The van der Waals surface area contributed by atoms with Crippen LogP contribution in [0.4, 0.5) is 10.7 Å². The van der Waals surface area contributed by atoms with Gasteiger partial charge in [-0.05, 0) is 101 Å². The van der Waals surface area contributed by atoms with Crippen LogP contribution in [0.5, 0.6) is 0 Å². The molecular weight excluding hydrogens is 478 g/mol. The fraction of sp³-hybridized carbons (Fsp3) is 0.467. The van der Waals surface area contributed by atoms with Crippen LogP contribution in [-0.4, -0.2) is 57.6 Å². The fourth-order valence-corrected chi connectivity index (χ4v) is 4.84. The highest BCUT2D eigenvalue weighted by molar-refractivity contribution is 5.96. The second-order valence-electron chi connectivity index (χ2n) is 11.4. The maximum absolute atomic E-state index is 12.7.